The Morgan fingerprint density at radius 1 is 0.927 bits per heavy atom. The van der Waals surface area contributed by atoms with Gasteiger partial charge in [0.05, 0.1) is 29.1 Å². The molecule has 0 spiro atoms. The fraction of sp³-hybridized carbons (Fsp3) is 0.333. The van der Waals surface area contributed by atoms with Gasteiger partial charge in [-0.05, 0) is 47.4 Å². The van der Waals surface area contributed by atoms with E-state index < -0.39 is 28.5 Å². The Morgan fingerprint density at radius 3 is 2.22 bits per heavy atom. The lowest BCUT2D eigenvalue weighted by molar-refractivity contribution is -0.140. The molecule has 0 saturated heterocycles. The number of amides is 2. The molecule has 1 atom stereocenters. The summed E-state index contributed by atoms with van der Waals surface area (Å²) >= 11 is 12.2. The molecule has 0 aliphatic carbocycles. The van der Waals surface area contributed by atoms with Crippen molar-refractivity contribution in [3.63, 3.8) is 0 Å². The first-order chi connectivity index (χ1) is 19.4. The maximum atomic E-state index is 14.1. The number of hydrogen-bond donors (Lipinski definition) is 1. The molecule has 220 valence electrons. The number of hydrogen-bond acceptors (Lipinski definition) is 5. The average Bonchev–Trinajstić information content (AvgIpc) is 2.93. The summed E-state index contributed by atoms with van der Waals surface area (Å²) in [5.74, 6) is -0.120. The minimum atomic E-state index is -3.92. The Morgan fingerprint density at radius 2 is 1.61 bits per heavy atom. The summed E-state index contributed by atoms with van der Waals surface area (Å²) in [6, 6.07) is 19.9. The number of nitrogens with one attached hydrogen (secondary N) is 1. The van der Waals surface area contributed by atoms with Crippen LogP contribution in [0.15, 0.2) is 72.8 Å². The summed E-state index contributed by atoms with van der Waals surface area (Å²) in [6.45, 7) is 3.87. The van der Waals surface area contributed by atoms with E-state index in [-0.39, 0.29) is 40.5 Å². The molecule has 3 aromatic rings. The van der Waals surface area contributed by atoms with Crippen molar-refractivity contribution < 1.29 is 22.7 Å². The quantitative estimate of drug-likeness (QED) is 0.284. The zero-order valence-electron chi connectivity index (χ0n) is 23.5. The molecule has 0 aliphatic heterocycles. The molecule has 0 aliphatic rings. The fourth-order valence-corrected chi connectivity index (χ4v) is 5.33. The second-order valence-corrected chi connectivity index (χ2v) is 12.8. The Kier molecular flexibility index (Phi) is 11.5. The standard InChI is InChI=1S/C30H35Cl2N3O5S/c1-21(2)18-33-30(37)28(16-22-9-6-5-7-10-22)34(19-23-11-8-12-25(15-23)40-3)29(36)20-35(41(4,38)39)24-13-14-26(31)27(32)17-24/h5-15,17,21,28H,16,18-20H2,1-4H3,(H,33,37)/t28-/m0/s1. The van der Waals surface area contributed by atoms with Gasteiger partial charge in [0.2, 0.25) is 21.8 Å². The molecule has 3 aromatic carbocycles. The van der Waals surface area contributed by atoms with Gasteiger partial charge in [0, 0.05) is 19.5 Å². The van der Waals surface area contributed by atoms with Crippen LogP contribution in [-0.2, 0) is 32.6 Å². The number of benzene rings is 3. The number of methoxy groups -OCH3 is 1. The minimum absolute atomic E-state index is 0.0433. The number of nitrogens with zero attached hydrogens (tertiary/aromatic N) is 2. The van der Waals surface area contributed by atoms with Gasteiger partial charge in [-0.25, -0.2) is 8.42 Å². The van der Waals surface area contributed by atoms with Gasteiger partial charge in [0.1, 0.15) is 18.3 Å². The molecular formula is C30H35Cl2N3O5S. The molecule has 0 bridgehead atoms. The summed E-state index contributed by atoms with van der Waals surface area (Å²) in [5.41, 5.74) is 1.75. The van der Waals surface area contributed by atoms with E-state index in [1.807, 2.05) is 50.2 Å². The SMILES string of the molecule is COc1cccc(CN(C(=O)CN(c2ccc(Cl)c(Cl)c2)S(C)(=O)=O)[C@@H](Cc2ccccc2)C(=O)NCC(C)C)c1. The highest BCUT2D eigenvalue weighted by atomic mass is 35.5. The van der Waals surface area contributed by atoms with Crippen molar-refractivity contribution in [2.24, 2.45) is 5.92 Å². The monoisotopic (exact) mass is 619 g/mol. The van der Waals surface area contributed by atoms with Crippen LogP contribution >= 0.6 is 23.2 Å². The van der Waals surface area contributed by atoms with Crippen LogP contribution in [0.5, 0.6) is 5.75 Å². The molecule has 0 fully saturated rings. The molecule has 3 rings (SSSR count). The van der Waals surface area contributed by atoms with Crippen LogP contribution in [0.4, 0.5) is 5.69 Å². The third-order valence-corrected chi connectivity index (χ3v) is 8.19. The highest BCUT2D eigenvalue weighted by Gasteiger charge is 2.33. The van der Waals surface area contributed by atoms with Crippen molar-refractivity contribution in [3.05, 3.63) is 94.0 Å². The van der Waals surface area contributed by atoms with Crippen molar-refractivity contribution in [2.75, 3.05) is 30.8 Å². The van der Waals surface area contributed by atoms with Gasteiger partial charge in [-0.3, -0.25) is 13.9 Å². The van der Waals surface area contributed by atoms with E-state index >= 15 is 0 Å². The lowest BCUT2D eigenvalue weighted by Gasteiger charge is -2.33. The minimum Gasteiger partial charge on any atom is -0.497 e. The van der Waals surface area contributed by atoms with Gasteiger partial charge in [0.25, 0.3) is 0 Å². The number of halogens is 2. The van der Waals surface area contributed by atoms with E-state index in [0.29, 0.717) is 17.9 Å². The Bertz CT molecular complexity index is 1450. The molecule has 0 aromatic heterocycles. The summed E-state index contributed by atoms with van der Waals surface area (Å²) in [6.07, 6.45) is 1.23. The number of carbonyl (C=O) groups is 2. The average molecular weight is 621 g/mol. The molecule has 8 nitrogen and oxygen atoms in total. The highest BCUT2D eigenvalue weighted by molar-refractivity contribution is 7.92. The largest absolute Gasteiger partial charge is 0.497 e. The first-order valence-corrected chi connectivity index (χ1v) is 15.7. The zero-order valence-corrected chi connectivity index (χ0v) is 25.8. The van der Waals surface area contributed by atoms with Gasteiger partial charge in [0.15, 0.2) is 0 Å². The van der Waals surface area contributed by atoms with Crippen LogP contribution in [0.3, 0.4) is 0 Å². The number of anilines is 1. The maximum absolute atomic E-state index is 14.1. The lowest BCUT2D eigenvalue weighted by atomic mass is 10.0. The van der Waals surface area contributed by atoms with Crippen molar-refractivity contribution in [1.82, 2.24) is 10.2 Å². The predicted molar refractivity (Wildman–Crippen MR) is 164 cm³/mol. The van der Waals surface area contributed by atoms with E-state index in [2.05, 4.69) is 5.32 Å². The van der Waals surface area contributed by atoms with E-state index in [4.69, 9.17) is 27.9 Å². The van der Waals surface area contributed by atoms with Gasteiger partial charge >= 0.3 is 0 Å². The molecule has 1 N–H and O–H groups in total. The molecule has 0 saturated carbocycles. The molecule has 0 unspecified atom stereocenters. The first kappa shape index (κ1) is 32.2. The van der Waals surface area contributed by atoms with Gasteiger partial charge < -0.3 is 15.0 Å². The zero-order chi connectivity index (χ0) is 30.2. The third kappa shape index (κ3) is 9.38. The highest BCUT2D eigenvalue weighted by Crippen LogP contribution is 2.29. The molecule has 0 radical (unpaired) electrons. The van der Waals surface area contributed by atoms with E-state index in [1.54, 1.807) is 25.3 Å². The second kappa shape index (κ2) is 14.6. The van der Waals surface area contributed by atoms with Crippen LogP contribution in [0.25, 0.3) is 0 Å². The van der Waals surface area contributed by atoms with Crippen LogP contribution in [0, 0.1) is 5.92 Å². The lowest BCUT2D eigenvalue weighted by Crippen LogP contribution is -2.53. The molecular weight excluding hydrogens is 585 g/mol. The van der Waals surface area contributed by atoms with Gasteiger partial charge in [-0.2, -0.15) is 0 Å². The first-order valence-electron chi connectivity index (χ1n) is 13.1. The molecule has 11 heteroatoms. The van der Waals surface area contributed by atoms with Gasteiger partial charge in [-0.15, -0.1) is 0 Å². The van der Waals surface area contributed by atoms with Crippen molar-refractivity contribution in [2.45, 2.75) is 32.9 Å². The third-order valence-electron chi connectivity index (χ3n) is 6.31. The summed E-state index contributed by atoms with van der Waals surface area (Å²) in [7, 11) is -2.38. The Balaban J connectivity index is 2.07. The van der Waals surface area contributed by atoms with E-state index in [0.717, 1.165) is 16.1 Å². The normalized spacial score (nSPS) is 12.1. The van der Waals surface area contributed by atoms with Crippen molar-refractivity contribution in [3.8, 4) is 5.75 Å². The second-order valence-electron chi connectivity index (χ2n) is 10.1. The summed E-state index contributed by atoms with van der Waals surface area (Å²) in [5, 5.41) is 3.35. The summed E-state index contributed by atoms with van der Waals surface area (Å²) < 4.78 is 32.1. The molecule has 41 heavy (non-hydrogen) atoms. The van der Waals surface area contributed by atoms with Crippen LogP contribution in [0.1, 0.15) is 25.0 Å². The number of sulfonamides is 1. The van der Waals surface area contributed by atoms with Gasteiger partial charge in [-0.1, -0.05) is 79.5 Å². The van der Waals surface area contributed by atoms with Crippen LogP contribution < -0.4 is 14.4 Å². The summed E-state index contributed by atoms with van der Waals surface area (Å²) in [4.78, 5) is 29.2. The number of carbonyl (C=O) groups excluding carboxylic acids is 2. The molecule has 2 amide bonds. The molecule has 0 heterocycles. The van der Waals surface area contributed by atoms with Crippen LogP contribution in [0.2, 0.25) is 10.0 Å². The van der Waals surface area contributed by atoms with E-state index in [9.17, 15) is 18.0 Å². The smallest absolute Gasteiger partial charge is 0.244 e. The Hall–Kier alpha value is -3.27. The maximum Gasteiger partial charge on any atom is 0.244 e. The van der Waals surface area contributed by atoms with Crippen LogP contribution in [-0.4, -0.2) is 57.6 Å². The van der Waals surface area contributed by atoms with E-state index in [1.165, 1.54) is 23.1 Å². The van der Waals surface area contributed by atoms with Crippen molar-refractivity contribution >= 4 is 50.7 Å². The fourth-order valence-electron chi connectivity index (χ4n) is 4.20. The topological polar surface area (TPSA) is 96.0 Å². The number of rotatable bonds is 13. The number of ether oxygens (including phenoxy) is 1. The Labute approximate surface area is 252 Å². The van der Waals surface area contributed by atoms with Crippen molar-refractivity contribution in [1.29, 1.82) is 0 Å². The predicted octanol–water partition coefficient (Wildman–Crippen LogP) is 5.18.